The molecule has 0 unspecified atom stereocenters. The van der Waals surface area contributed by atoms with Gasteiger partial charge in [-0.05, 0) is 43.7 Å². The lowest BCUT2D eigenvalue weighted by Crippen LogP contribution is -2.26. The molecule has 1 aromatic carbocycles. The lowest BCUT2D eigenvalue weighted by molar-refractivity contribution is 0.0956. The molecule has 0 aliphatic heterocycles. The summed E-state index contributed by atoms with van der Waals surface area (Å²) in [5.74, 6) is -0.410. The number of nitrogens with one attached hydrogen (secondary N) is 2. The van der Waals surface area contributed by atoms with Crippen LogP contribution in [-0.2, 0) is 13.0 Å². The van der Waals surface area contributed by atoms with Gasteiger partial charge in [-0.15, -0.1) is 21.5 Å². The number of nitrogens with zero attached hydrogens (tertiary/aromatic N) is 3. The number of carbonyl (C=O) groups excluding carboxylic acids is 2. The monoisotopic (exact) mass is 435 g/mol. The summed E-state index contributed by atoms with van der Waals surface area (Å²) < 4.78 is 15.1. The molecule has 0 saturated carbocycles. The van der Waals surface area contributed by atoms with Crippen LogP contribution in [-0.4, -0.2) is 33.1 Å². The third-order valence-electron chi connectivity index (χ3n) is 4.21. The van der Waals surface area contributed by atoms with E-state index >= 15 is 0 Å². The van der Waals surface area contributed by atoms with Crippen LogP contribution in [0.2, 0.25) is 5.02 Å². The zero-order chi connectivity index (χ0) is 21.0. The van der Waals surface area contributed by atoms with Crippen molar-refractivity contribution in [2.75, 3.05) is 11.9 Å². The van der Waals surface area contributed by atoms with Crippen LogP contribution in [0.3, 0.4) is 0 Å². The Morgan fingerprint density at radius 3 is 2.79 bits per heavy atom. The van der Waals surface area contributed by atoms with E-state index in [1.165, 1.54) is 12.1 Å². The molecule has 0 bridgehead atoms. The summed E-state index contributed by atoms with van der Waals surface area (Å²) in [6.45, 7) is 4.97. The molecule has 0 radical (unpaired) electrons. The van der Waals surface area contributed by atoms with E-state index in [9.17, 15) is 14.0 Å². The Kier molecular flexibility index (Phi) is 6.60. The number of aryl methyl sites for hydroxylation is 2. The van der Waals surface area contributed by atoms with E-state index in [-0.39, 0.29) is 16.5 Å². The molecule has 0 spiro atoms. The minimum absolute atomic E-state index is 0.0219. The first-order valence-corrected chi connectivity index (χ1v) is 10.1. The standard InChI is InChI=1S/C19H19ClFN5O2S/c1-3-26-10-23-25-15(26)6-7-22-19(28)17-11(2)8-16(29-17)24-18(27)13-5-4-12(21)9-14(13)20/h4-5,8-10H,3,6-7H2,1-2H3,(H,22,28)(H,24,27). The number of aromatic nitrogens is 3. The van der Waals surface area contributed by atoms with Crippen molar-refractivity contribution in [2.45, 2.75) is 26.8 Å². The van der Waals surface area contributed by atoms with Crippen LogP contribution < -0.4 is 10.6 Å². The van der Waals surface area contributed by atoms with Crippen LogP contribution in [0.15, 0.2) is 30.6 Å². The highest BCUT2D eigenvalue weighted by Crippen LogP contribution is 2.28. The first-order chi connectivity index (χ1) is 13.9. The van der Waals surface area contributed by atoms with Gasteiger partial charge in [0.25, 0.3) is 11.8 Å². The molecule has 29 heavy (non-hydrogen) atoms. The van der Waals surface area contributed by atoms with Crippen molar-refractivity contribution in [1.82, 2.24) is 20.1 Å². The molecule has 7 nitrogen and oxygen atoms in total. The Labute approximate surface area is 175 Å². The Balaban J connectivity index is 1.61. The molecule has 10 heteroatoms. The molecule has 2 heterocycles. The van der Waals surface area contributed by atoms with Crippen LogP contribution in [0.4, 0.5) is 9.39 Å². The summed E-state index contributed by atoms with van der Waals surface area (Å²) in [6, 6.07) is 5.27. The number of thiophene rings is 1. The third-order valence-corrected chi connectivity index (χ3v) is 5.67. The van der Waals surface area contributed by atoms with Crippen LogP contribution in [0.1, 0.15) is 38.3 Å². The third kappa shape index (κ3) is 4.99. The molecular weight excluding hydrogens is 417 g/mol. The number of rotatable bonds is 7. The van der Waals surface area contributed by atoms with E-state index < -0.39 is 11.7 Å². The van der Waals surface area contributed by atoms with E-state index in [2.05, 4.69) is 20.8 Å². The number of anilines is 1. The van der Waals surface area contributed by atoms with Gasteiger partial charge >= 0.3 is 0 Å². The topological polar surface area (TPSA) is 88.9 Å². The molecule has 0 atom stereocenters. The average Bonchev–Trinajstić information content (AvgIpc) is 3.27. The van der Waals surface area contributed by atoms with E-state index in [0.717, 1.165) is 35.3 Å². The predicted molar refractivity (Wildman–Crippen MR) is 110 cm³/mol. The van der Waals surface area contributed by atoms with E-state index in [4.69, 9.17) is 11.6 Å². The lowest BCUT2D eigenvalue weighted by Gasteiger charge is -2.06. The Morgan fingerprint density at radius 1 is 1.28 bits per heavy atom. The first kappa shape index (κ1) is 20.9. The fourth-order valence-corrected chi connectivity index (χ4v) is 3.96. The smallest absolute Gasteiger partial charge is 0.261 e. The minimum atomic E-state index is -0.519. The average molecular weight is 436 g/mol. The molecule has 3 aromatic rings. The summed E-state index contributed by atoms with van der Waals surface area (Å²) in [4.78, 5) is 25.4. The van der Waals surface area contributed by atoms with Gasteiger partial charge in [0.15, 0.2) is 0 Å². The van der Waals surface area contributed by atoms with Crippen molar-refractivity contribution >= 4 is 39.8 Å². The van der Waals surface area contributed by atoms with Gasteiger partial charge in [-0.3, -0.25) is 9.59 Å². The number of benzene rings is 1. The summed E-state index contributed by atoms with van der Waals surface area (Å²) >= 11 is 7.09. The van der Waals surface area contributed by atoms with Crippen molar-refractivity contribution in [3.05, 3.63) is 63.3 Å². The molecule has 3 rings (SSSR count). The zero-order valence-electron chi connectivity index (χ0n) is 15.8. The molecule has 152 valence electrons. The largest absolute Gasteiger partial charge is 0.351 e. The summed E-state index contributed by atoms with van der Waals surface area (Å²) in [6.07, 6.45) is 2.22. The molecule has 0 fully saturated rings. The molecule has 0 saturated heterocycles. The number of amides is 2. The second-order valence-electron chi connectivity index (χ2n) is 6.24. The van der Waals surface area contributed by atoms with Gasteiger partial charge in [0.05, 0.1) is 20.5 Å². The zero-order valence-corrected chi connectivity index (χ0v) is 17.4. The molecule has 2 N–H and O–H groups in total. The predicted octanol–water partition coefficient (Wildman–Crippen LogP) is 3.69. The minimum Gasteiger partial charge on any atom is -0.351 e. The maximum absolute atomic E-state index is 13.1. The highest BCUT2D eigenvalue weighted by atomic mass is 35.5. The van der Waals surface area contributed by atoms with Crippen molar-refractivity contribution in [1.29, 1.82) is 0 Å². The quantitative estimate of drug-likeness (QED) is 0.592. The van der Waals surface area contributed by atoms with Gasteiger partial charge < -0.3 is 15.2 Å². The van der Waals surface area contributed by atoms with Gasteiger partial charge in [0.1, 0.15) is 18.0 Å². The number of halogens is 2. The van der Waals surface area contributed by atoms with Gasteiger partial charge in [0.2, 0.25) is 0 Å². The van der Waals surface area contributed by atoms with Crippen molar-refractivity contribution < 1.29 is 14.0 Å². The first-order valence-electron chi connectivity index (χ1n) is 8.90. The molecule has 0 aliphatic rings. The fourth-order valence-electron chi connectivity index (χ4n) is 2.73. The Morgan fingerprint density at radius 2 is 2.07 bits per heavy atom. The molecule has 2 amide bonds. The van der Waals surface area contributed by atoms with Gasteiger partial charge in [-0.25, -0.2) is 4.39 Å². The summed E-state index contributed by atoms with van der Waals surface area (Å²) in [5.41, 5.74) is 0.898. The summed E-state index contributed by atoms with van der Waals surface area (Å²) in [5, 5.41) is 14.0. The maximum Gasteiger partial charge on any atom is 0.261 e. The van der Waals surface area contributed by atoms with Gasteiger partial charge in [-0.2, -0.15) is 0 Å². The Bertz CT molecular complexity index is 1050. The molecule has 2 aromatic heterocycles. The Hall–Kier alpha value is -2.78. The van der Waals surface area contributed by atoms with Gasteiger partial charge in [0, 0.05) is 19.5 Å². The van der Waals surface area contributed by atoms with Crippen LogP contribution in [0, 0.1) is 12.7 Å². The van der Waals surface area contributed by atoms with Crippen LogP contribution in [0.25, 0.3) is 0 Å². The molecule has 0 aliphatic carbocycles. The van der Waals surface area contributed by atoms with Crippen molar-refractivity contribution in [3.8, 4) is 0 Å². The highest BCUT2D eigenvalue weighted by molar-refractivity contribution is 7.18. The number of hydrogen-bond donors (Lipinski definition) is 2. The molecular formula is C19H19ClFN5O2S. The second kappa shape index (κ2) is 9.15. The fraction of sp³-hybridized carbons (Fsp3) is 0.263. The van der Waals surface area contributed by atoms with Gasteiger partial charge in [-0.1, -0.05) is 11.6 Å². The number of carbonyl (C=O) groups is 2. The maximum atomic E-state index is 13.1. The SMILES string of the molecule is CCn1cnnc1CCNC(=O)c1sc(NC(=O)c2ccc(F)cc2Cl)cc1C. The van der Waals surface area contributed by atoms with E-state index in [1.54, 1.807) is 19.3 Å². The normalized spacial score (nSPS) is 10.8. The van der Waals surface area contributed by atoms with Crippen molar-refractivity contribution in [3.63, 3.8) is 0 Å². The van der Waals surface area contributed by atoms with E-state index in [1.807, 2.05) is 11.5 Å². The second-order valence-corrected chi connectivity index (χ2v) is 7.70. The van der Waals surface area contributed by atoms with Crippen LogP contribution >= 0.6 is 22.9 Å². The van der Waals surface area contributed by atoms with Crippen molar-refractivity contribution in [2.24, 2.45) is 0 Å². The van der Waals surface area contributed by atoms with E-state index in [0.29, 0.717) is 22.8 Å². The van der Waals surface area contributed by atoms with Crippen LogP contribution in [0.5, 0.6) is 0 Å². The lowest BCUT2D eigenvalue weighted by atomic mass is 10.2. The summed E-state index contributed by atoms with van der Waals surface area (Å²) in [7, 11) is 0. The highest BCUT2D eigenvalue weighted by Gasteiger charge is 2.17. The number of hydrogen-bond acceptors (Lipinski definition) is 5.